The number of aromatic nitrogens is 3. The molecule has 0 aliphatic carbocycles. The van der Waals surface area contributed by atoms with Crippen LogP contribution in [-0.4, -0.2) is 20.7 Å². The van der Waals surface area contributed by atoms with E-state index in [1.807, 2.05) is 13.0 Å². The number of pyridine rings is 2. The molecule has 6 heteroatoms. The Morgan fingerprint density at radius 3 is 2.78 bits per heavy atom. The molecule has 4 aromatic rings. The van der Waals surface area contributed by atoms with Crippen LogP contribution in [0.3, 0.4) is 0 Å². The van der Waals surface area contributed by atoms with Crippen LogP contribution in [0.2, 0.25) is 0 Å². The van der Waals surface area contributed by atoms with Gasteiger partial charge in [0, 0.05) is 47.2 Å². The van der Waals surface area contributed by atoms with Crippen molar-refractivity contribution < 1.29 is 9.18 Å². The molecule has 3 heterocycles. The summed E-state index contributed by atoms with van der Waals surface area (Å²) in [4.78, 5) is 24.4. The molecule has 0 bridgehead atoms. The quantitative estimate of drug-likeness (QED) is 0.522. The number of fused-ring (bicyclic) bond motifs is 1. The van der Waals surface area contributed by atoms with E-state index in [9.17, 15) is 9.18 Å². The van der Waals surface area contributed by atoms with Gasteiger partial charge in [-0.1, -0.05) is 18.2 Å². The van der Waals surface area contributed by atoms with Gasteiger partial charge in [0.15, 0.2) is 5.78 Å². The highest BCUT2D eigenvalue weighted by Crippen LogP contribution is 2.21. The number of anilines is 1. The average Bonchev–Trinajstić information content (AvgIpc) is 3.10. The van der Waals surface area contributed by atoms with Gasteiger partial charge >= 0.3 is 0 Å². The van der Waals surface area contributed by atoms with Crippen molar-refractivity contribution in [3.63, 3.8) is 0 Å². The summed E-state index contributed by atoms with van der Waals surface area (Å²) in [7, 11) is 0. The minimum Gasteiger partial charge on any atom is -0.366 e. The molecule has 0 spiro atoms. The number of aromatic amines is 1. The highest BCUT2D eigenvalue weighted by molar-refractivity contribution is 6.15. The SMILES string of the molecule is Cc1cnc2[nH]cc(C(=O)c3ccc(NCc4ccccc4F)nc3)c2c1. The second kappa shape index (κ2) is 6.99. The topological polar surface area (TPSA) is 70.7 Å². The Morgan fingerprint density at radius 1 is 1.15 bits per heavy atom. The summed E-state index contributed by atoms with van der Waals surface area (Å²) < 4.78 is 13.7. The summed E-state index contributed by atoms with van der Waals surface area (Å²) in [6, 6.07) is 11.9. The first-order valence-electron chi connectivity index (χ1n) is 8.53. The fourth-order valence-electron chi connectivity index (χ4n) is 2.91. The van der Waals surface area contributed by atoms with E-state index in [4.69, 9.17) is 0 Å². The Balaban J connectivity index is 1.52. The predicted molar refractivity (Wildman–Crippen MR) is 102 cm³/mol. The number of H-pyrrole nitrogens is 1. The fraction of sp³-hybridized carbons (Fsp3) is 0.0952. The first-order valence-corrected chi connectivity index (χ1v) is 8.53. The number of hydrogen-bond acceptors (Lipinski definition) is 4. The lowest BCUT2D eigenvalue weighted by Gasteiger charge is -2.07. The maximum atomic E-state index is 13.7. The Labute approximate surface area is 155 Å². The van der Waals surface area contributed by atoms with Crippen molar-refractivity contribution in [3.8, 4) is 0 Å². The highest BCUT2D eigenvalue weighted by atomic mass is 19.1. The largest absolute Gasteiger partial charge is 0.366 e. The minimum absolute atomic E-state index is 0.123. The number of rotatable bonds is 5. The van der Waals surface area contributed by atoms with E-state index >= 15 is 0 Å². The van der Waals surface area contributed by atoms with Crippen LogP contribution in [0.15, 0.2) is 61.1 Å². The number of hydrogen-bond donors (Lipinski definition) is 2. The van der Waals surface area contributed by atoms with Gasteiger partial charge in [0.2, 0.25) is 0 Å². The standard InChI is InChI=1S/C21H17FN4O/c1-13-8-16-17(12-26-21(16)25-9-13)20(27)15-6-7-19(24-11-15)23-10-14-4-2-3-5-18(14)22/h2-9,11-12H,10H2,1H3,(H,23,24)(H,25,26). The molecule has 0 saturated carbocycles. The average molecular weight is 360 g/mol. The summed E-state index contributed by atoms with van der Waals surface area (Å²) in [6.07, 6.45) is 4.95. The van der Waals surface area contributed by atoms with Crippen molar-refractivity contribution in [3.05, 3.63) is 89.1 Å². The van der Waals surface area contributed by atoms with Gasteiger partial charge in [-0.3, -0.25) is 4.79 Å². The number of aryl methyl sites for hydroxylation is 1. The van der Waals surface area contributed by atoms with Gasteiger partial charge in [0.05, 0.1) is 0 Å². The molecule has 0 unspecified atom stereocenters. The van der Waals surface area contributed by atoms with Crippen molar-refractivity contribution in [1.82, 2.24) is 15.0 Å². The van der Waals surface area contributed by atoms with E-state index in [1.54, 1.807) is 42.7 Å². The smallest absolute Gasteiger partial charge is 0.196 e. The van der Waals surface area contributed by atoms with Crippen molar-refractivity contribution in [2.24, 2.45) is 0 Å². The lowest BCUT2D eigenvalue weighted by atomic mass is 10.0. The van der Waals surface area contributed by atoms with Crippen LogP contribution in [0.1, 0.15) is 27.0 Å². The summed E-state index contributed by atoms with van der Waals surface area (Å²) in [6.45, 7) is 2.26. The Hall–Kier alpha value is -3.54. The van der Waals surface area contributed by atoms with Crippen LogP contribution < -0.4 is 5.32 Å². The molecule has 0 amide bonds. The number of benzene rings is 1. The Kier molecular flexibility index (Phi) is 4.38. The van der Waals surface area contributed by atoms with Crippen LogP contribution in [0, 0.1) is 12.7 Å². The Bertz CT molecular complexity index is 1120. The molecule has 0 aliphatic rings. The molecule has 27 heavy (non-hydrogen) atoms. The van der Waals surface area contributed by atoms with Gasteiger partial charge in [-0.05, 0) is 36.8 Å². The lowest BCUT2D eigenvalue weighted by Crippen LogP contribution is -2.05. The molecule has 5 nitrogen and oxygen atoms in total. The van der Waals surface area contributed by atoms with Gasteiger partial charge < -0.3 is 10.3 Å². The molecular weight excluding hydrogens is 343 g/mol. The normalized spacial score (nSPS) is 10.9. The minimum atomic E-state index is -0.264. The number of nitrogens with zero attached hydrogens (tertiary/aromatic N) is 2. The maximum absolute atomic E-state index is 13.7. The number of nitrogens with one attached hydrogen (secondary N) is 2. The van der Waals surface area contributed by atoms with Crippen molar-refractivity contribution in [2.75, 3.05) is 5.32 Å². The summed E-state index contributed by atoms with van der Waals surface area (Å²) in [5.41, 5.74) is 3.27. The molecule has 3 aromatic heterocycles. The molecule has 0 atom stereocenters. The van der Waals surface area contributed by atoms with Gasteiger partial charge in [0.25, 0.3) is 0 Å². The van der Waals surface area contributed by atoms with Crippen molar-refractivity contribution in [1.29, 1.82) is 0 Å². The molecule has 4 rings (SSSR count). The summed E-state index contributed by atoms with van der Waals surface area (Å²) in [5.74, 6) is 0.188. The van der Waals surface area contributed by atoms with Crippen molar-refractivity contribution >= 4 is 22.6 Å². The number of halogens is 1. The zero-order valence-corrected chi connectivity index (χ0v) is 14.7. The third kappa shape index (κ3) is 3.42. The molecule has 0 aliphatic heterocycles. The molecule has 0 radical (unpaired) electrons. The molecule has 134 valence electrons. The first kappa shape index (κ1) is 16.9. The van der Waals surface area contributed by atoms with Gasteiger partial charge in [-0.15, -0.1) is 0 Å². The molecule has 1 aromatic carbocycles. The number of ketones is 1. The fourth-order valence-corrected chi connectivity index (χ4v) is 2.91. The van der Waals surface area contributed by atoms with E-state index in [0.29, 0.717) is 34.7 Å². The predicted octanol–water partition coefficient (Wildman–Crippen LogP) is 4.25. The lowest BCUT2D eigenvalue weighted by molar-refractivity contribution is 0.104. The van der Waals surface area contributed by atoms with Crippen LogP contribution in [0.5, 0.6) is 0 Å². The van der Waals surface area contributed by atoms with E-state index in [0.717, 1.165) is 10.9 Å². The number of carbonyl (C=O) groups excluding carboxylic acids is 1. The van der Waals surface area contributed by atoms with Crippen LogP contribution >= 0.6 is 0 Å². The zero-order valence-electron chi connectivity index (χ0n) is 14.7. The van der Waals surface area contributed by atoms with E-state index in [1.165, 1.54) is 12.3 Å². The molecular formula is C21H17FN4O. The van der Waals surface area contributed by atoms with E-state index in [2.05, 4.69) is 20.3 Å². The number of carbonyl (C=O) groups is 1. The molecule has 0 fully saturated rings. The van der Waals surface area contributed by atoms with Gasteiger partial charge in [-0.2, -0.15) is 0 Å². The summed E-state index contributed by atoms with van der Waals surface area (Å²) in [5, 5.41) is 3.85. The van der Waals surface area contributed by atoms with E-state index in [-0.39, 0.29) is 11.6 Å². The Morgan fingerprint density at radius 2 is 2.00 bits per heavy atom. The van der Waals surface area contributed by atoms with Crippen LogP contribution in [0.4, 0.5) is 10.2 Å². The maximum Gasteiger partial charge on any atom is 0.196 e. The molecule has 2 N–H and O–H groups in total. The van der Waals surface area contributed by atoms with Gasteiger partial charge in [0.1, 0.15) is 17.3 Å². The molecule has 0 saturated heterocycles. The van der Waals surface area contributed by atoms with E-state index < -0.39 is 0 Å². The van der Waals surface area contributed by atoms with Gasteiger partial charge in [-0.25, -0.2) is 14.4 Å². The highest BCUT2D eigenvalue weighted by Gasteiger charge is 2.15. The van der Waals surface area contributed by atoms with Crippen molar-refractivity contribution in [2.45, 2.75) is 13.5 Å². The second-order valence-electron chi connectivity index (χ2n) is 6.32. The van der Waals surface area contributed by atoms with Crippen LogP contribution in [0.25, 0.3) is 11.0 Å². The second-order valence-corrected chi connectivity index (χ2v) is 6.32. The summed E-state index contributed by atoms with van der Waals surface area (Å²) >= 11 is 0. The third-order valence-electron chi connectivity index (χ3n) is 4.36. The zero-order chi connectivity index (χ0) is 18.8. The first-order chi connectivity index (χ1) is 13.1. The monoisotopic (exact) mass is 360 g/mol. The van der Waals surface area contributed by atoms with Crippen LogP contribution in [-0.2, 0) is 6.54 Å². The third-order valence-corrected chi connectivity index (χ3v) is 4.36.